The van der Waals surface area contributed by atoms with Gasteiger partial charge in [-0.3, -0.25) is 14.3 Å². The number of alkyl halides is 1. The third-order valence-electron chi connectivity index (χ3n) is 4.59. The number of benzene rings is 1. The second-order valence-corrected chi connectivity index (χ2v) is 6.98. The highest BCUT2D eigenvalue weighted by molar-refractivity contribution is 6.02. The Bertz CT molecular complexity index is 952. The van der Waals surface area contributed by atoms with Gasteiger partial charge in [0, 0.05) is 38.8 Å². The number of hydrogen-bond acceptors (Lipinski definition) is 4. The molecule has 31 heavy (non-hydrogen) atoms. The van der Waals surface area contributed by atoms with E-state index in [-0.39, 0.29) is 17.4 Å². The summed E-state index contributed by atoms with van der Waals surface area (Å²) in [5.41, 5.74) is 2.30. The van der Waals surface area contributed by atoms with Crippen LogP contribution >= 0.6 is 0 Å². The van der Waals surface area contributed by atoms with Crippen molar-refractivity contribution in [2.24, 2.45) is 7.05 Å². The summed E-state index contributed by atoms with van der Waals surface area (Å²) in [6, 6.07) is 3.15. The summed E-state index contributed by atoms with van der Waals surface area (Å²) in [4.78, 5) is 24.6. The minimum absolute atomic E-state index is 0.248. The highest BCUT2D eigenvalue weighted by Gasteiger charge is 2.29. The number of rotatable bonds is 7. The maximum atomic E-state index is 13.0. The lowest BCUT2D eigenvalue weighted by molar-refractivity contribution is 0.0954. The Labute approximate surface area is 182 Å². The van der Waals surface area contributed by atoms with Gasteiger partial charge in [-0.05, 0) is 36.6 Å². The van der Waals surface area contributed by atoms with Gasteiger partial charge in [0.05, 0.1) is 11.8 Å². The lowest BCUT2D eigenvalue weighted by Gasteiger charge is -2.11. The average molecular weight is 429 g/mol. The molecule has 166 valence electrons. The molecule has 0 saturated carbocycles. The Balaban J connectivity index is 0.000000614. The predicted molar refractivity (Wildman–Crippen MR) is 118 cm³/mol. The Morgan fingerprint density at radius 1 is 1.39 bits per heavy atom. The van der Waals surface area contributed by atoms with Crippen molar-refractivity contribution >= 4 is 11.8 Å². The van der Waals surface area contributed by atoms with Gasteiger partial charge in [0.2, 0.25) is 0 Å². The molecule has 0 aliphatic carbocycles. The number of ether oxygens (including phenoxy) is 1. The smallest absolute Gasteiger partial charge is 0.254 e. The third kappa shape index (κ3) is 6.53. The maximum Gasteiger partial charge on any atom is 0.254 e. The van der Waals surface area contributed by atoms with E-state index in [1.807, 2.05) is 32.3 Å². The lowest BCUT2D eigenvalue weighted by atomic mass is 10.0. The van der Waals surface area contributed by atoms with Gasteiger partial charge in [-0.15, -0.1) is 0 Å². The van der Waals surface area contributed by atoms with Crippen LogP contribution in [-0.2, 0) is 19.9 Å². The van der Waals surface area contributed by atoms with Gasteiger partial charge in [0.25, 0.3) is 11.8 Å². The van der Waals surface area contributed by atoms with E-state index in [0.717, 1.165) is 5.56 Å². The van der Waals surface area contributed by atoms with Gasteiger partial charge in [0.1, 0.15) is 18.5 Å². The lowest BCUT2D eigenvalue weighted by Crippen LogP contribution is -2.26. The van der Waals surface area contributed by atoms with Crippen molar-refractivity contribution in [1.29, 1.82) is 0 Å². The first-order chi connectivity index (χ1) is 14.9. The van der Waals surface area contributed by atoms with Crippen molar-refractivity contribution in [1.82, 2.24) is 20.4 Å². The number of allylic oxidation sites excluding steroid dienone is 3. The summed E-state index contributed by atoms with van der Waals surface area (Å²) in [7, 11) is 3.33. The van der Waals surface area contributed by atoms with E-state index >= 15 is 0 Å². The molecule has 2 aromatic rings. The SMILES string of the molecule is C=C/C=C\C.CNC(=O)c1cc(C(=O)NCCc2cnn(C)c2)cc2c1OC(CF)C2. The Hall–Kier alpha value is -3.42. The van der Waals surface area contributed by atoms with Crippen LogP contribution in [0.3, 0.4) is 0 Å². The first-order valence-electron chi connectivity index (χ1n) is 10.0. The Morgan fingerprint density at radius 3 is 2.71 bits per heavy atom. The number of aromatic nitrogens is 2. The van der Waals surface area contributed by atoms with Crippen molar-refractivity contribution in [2.45, 2.75) is 25.9 Å². The second kappa shape index (κ2) is 11.7. The van der Waals surface area contributed by atoms with Crippen LogP contribution in [-0.4, -0.2) is 48.0 Å². The summed E-state index contributed by atoms with van der Waals surface area (Å²) in [5, 5.41) is 9.44. The molecular formula is C23H29FN4O3. The van der Waals surface area contributed by atoms with Crippen LogP contribution in [0.4, 0.5) is 4.39 Å². The zero-order valence-corrected chi connectivity index (χ0v) is 18.2. The number of hydrogen-bond donors (Lipinski definition) is 2. The molecule has 8 heteroatoms. The van der Waals surface area contributed by atoms with Crippen molar-refractivity contribution in [3.05, 3.63) is 71.6 Å². The standard InChI is InChI=1S/C18H21FN4O3.C5H8/c1-20-18(25)15-7-13(5-12-6-14(8-19)26-16(12)15)17(24)21-4-3-11-9-22-23(2)10-11;1-3-5-4-2/h5,7,9-10,14H,3-4,6,8H2,1-2H3,(H,20,25)(H,21,24);3-5H,1H2,2H3/b;5-4-. The molecule has 0 saturated heterocycles. The van der Waals surface area contributed by atoms with Crippen molar-refractivity contribution < 1.29 is 18.7 Å². The molecule has 0 fully saturated rings. The molecule has 0 bridgehead atoms. The van der Waals surface area contributed by atoms with Crippen LogP contribution in [0.25, 0.3) is 0 Å². The molecule has 1 aromatic heterocycles. The number of amides is 2. The predicted octanol–water partition coefficient (Wildman–Crippen LogP) is 2.77. The molecule has 0 radical (unpaired) electrons. The minimum Gasteiger partial charge on any atom is -0.486 e. The molecule has 2 amide bonds. The van der Waals surface area contributed by atoms with Crippen molar-refractivity contribution in [2.75, 3.05) is 20.3 Å². The average Bonchev–Trinajstić information content (AvgIpc) is 3.38. The van der Waals surface area contributed by atoms with Crippen LogP contribution in [0.5, 0.6) is 5.75 Å². The normalized spacial score (nSPS) is 14.3. The zero-order valence-electron chi connectivity index (χ0n) is 18.2. The van der Waals surface area contributed by atoms with E-state index < -0.39 is 12.8 Å². The maximum absolute atomic E-state index is 13.0. The van der Waals surface area contributed by atoms with E-state index in [1.165, 1.54) is 13.1 Å². The van der Waals surface area contributed by atoms with E-state index in [0.29, 0.717) is 36.3 Å². The minimum atomic E-state index is -0.644. The number of nitrogens with zero attached hydrogens (tertiary/aromatic N) is 2. The molecule has 1 aromatic carbocycles. The molecule has 2 heterocycles. The molecule has 2 N–H and O–H groups in total. The number of carbonyl (C=O) groups excluding carboxylic acids is 2. The number of fused-ring (bicyclic) bond motifs is 1. The number of aryl methyl sites for hydroxylation is 1. The van der Waals surface area contributed by atoms with Crippen LogP contribution in [0.2, 0.25) is 0 Å². The Morgan fingerprint density at radius 2 is 2.16 bits per heavy atom. The second-order valence-electron chi connectivity index (χ2n) is 6.98. The summed E-state index contributed by atoms with van der Waals surface area (Å²) in [6.45, 7) is 5.22. The van der Waals surface area contributed by atoms with E-state index in [1.54, 1.807) is 23.0 Å². The number of halogens is 1. The molecular weight excluding hydrogens is 399 g/mol. The van der Waals surface area contributed by atoms with E-state index in [9.17, 15) is 14.0 Å². The van der Waals surface area contributed by atoms with E-state index in [4.69, 9.17) is 4.74 Å². The fraction of sp³-hybridized carbons (Fsp3) is 0.348. The van der Waals surface area contributed by atoms with Gasteiger partial charge < -0.3 is 15.4 Å². The third-order valence-corrected chi connectivity index (χ3v) is 4.59. The molecule has 3 rings (SSSR count). The van der Waals surface area contributed by atoms with Gasteiger partial charge in [0.15, 0.2) is 0 Å². The van der Waals surface area contributed by atoms with Gasteiger partial charge in [-0.2, -0.15) is 5.10 Å². The highest BCUT2D eigenvalue weighted by atomic mass is 19.1. The largest absolute Gasteiger partial charge is 0.486 e. The first kappa shape index (κ1) is 23.9. The summed E-state index contributed by atoms with van der Waals surface area (Å²) in [6.07, 6.45) is 9.59. The van der Waals surface area contributed by atoms with Gasteiger partial charge >= 0.3 is 0 Å². The molecule has 1 atom stereocenters. The fourth-order valence-electron chi connectivity index (χ4n) is 3.11. The molecule has 1 aliphatic rings. The summed E-state index contributed by atoms with van der Waals surface area (Å²) < 4.78 is 20.2. The molecule has 0 spiro atoms. The highest BCUT2D eigenvalue weighted by Crippen LogP contribution is 2.34. The summed E-state index contributed by atoms with van der Waals surface area (Å²) in [5.74, 6) is -0.296. The quantitative estimate of drug-likeness (QED) is 0.664. The number of carbonyl (C=O) groups is 2. The van der Waals surface area contributed by atoms with Crippen molar-refractivity contribution in [3.8, 4) is 5.75 Å². The monoisotopic (exact) mass is 428 g/mol. The van der Waals surface area contributed by atoms with Crippen LogP contribution < -0.4 is 15.4 Å². The first-order valence-corrected chi connectivity index (χ1v) is 10.0. The van der Waals surface area contributed by atoms with Crippen molar-refractivity contribution in [3.63, 3.8) is 0 Å². The van der Waals surface area contributed by atoms with Crippen LogP contribution in [0.1, 0.15) is 38.8 Å². The topological polar surface area (TPSA) is 85.3 Å². The fourth-order valence-corrected chi connectivity index (χ4v) is 3.11. The summed E-state index contributed by atoms with van der Waals surface area (Å²) >= 11 is 0. The molecule has 1 unspecified atom stereocenters. The molecule has 1 aliphatic heterocycles. The molecule has 7 nitrogen and oxygen atoms in total. The van der Waals surface area contributed by atoms with Crippen LogP contribution in [0, 0.1) is 0 Å². The Kier molecular flexibility index (Phi) is 8.99. The van der Waals surface area contributed by atoms with Crippen LogP contribution in [0.15, 0.2) is 49.3 Å². The zero-order chi connectivity index (χ0) is 22.8. The van der Waals surface area contributed by atoms with Gasteiger partial charge in [-0.1, -0.05) is 24.8 Å². The van der Waals surface area contributed by atoms with Gasteiger partial charge in [-0.25, -0.2) is 4.39 Å². The van der Waals surface area contributed by atoms with E-state index in [2.05, 4.69) is 22.3 Å². The number of nitrogens with one attached hydrogen (secondary N) is 2.